The Morgan fingerprint density at radius 3 is 2.50 bits per heavy atom. The molecule has 1 fully saturated rings. The lowest BCUT2D eigenvalue weighted by atomic mass is 10.2. The van der Waals surface area contributed by atoms with Gasteiger partial charge in [0.2, 0.25) is 0 Å². The smallest absolute Gasteiger partial charge is 0.119 e. The third-order valence-electron chi connectivity index (χ3n) is 3.31. The molecule has 100 valence electrons. The molecule has 3 heteroatoms. The van der Waals surface area contributed by atoms with E-state index in [9.17, 15) is 0 Å². The van der Waals surface area contributed by atoms with Gasteiger partial charge in [0.05, 0.1) is 6.61 Å². The summed E-state index contributed by atoms with van der Waals surface area (Å²) >= 11 is 0. The Bertz CT molecular complexity index is 350. The molecule has 1 aliphatic rings. The number of nitrogens with one attached hydrogen (secondary N) is 1. The number of benzene rings is 1. The van der Waals surface area contributed by atoms with Crippen LogP contribution in [0.15, 0.2) is 24.3 Å². The molecule has 1 saturated carbocycles. The first kappa shape index (κ1) is 13.2. The van der Waals surface area contributed by atoms with E-state index in [0.29, 0.717) is 18.8 Å². The minimum absolute atomic E-state index is 0.354. The summed E-state index contributed by atoms with van der Waals surface area (Å²) < 4.78 is 11.4. The highest BCUT2D eigenvalue weighted by atomic mass is 16.5. The predicted octanol–water partition coefficient (Wildman–Crippen LogP) is 2.99. The van der Waals surface area contributed by atoms with Crippen LogP contribution >= 0.6 is 0 Å². The molecule has 1 aromatic rings. The van der Waals surface area contributed by atoms with Gasteiger partial charge < -0.3 is 14.8 Å². The quantitative estimate of drug-likeness (QED) is 0.840. The molecule has 2 atom stereocenters. The van der Waals surface area contributed by atoms with Gasteiger partial charge in [-0.2, -0.15) is 0 Å². The van der Waals surface area contributed by atoms with Gasteiger partial charge in [0.25, 0.3) is 0 Å². The summed E-state index contributed by atoms with van der Waals surface area (Å²) in [5.74, 6) is 1.85. The number of ether oxygens (including phenoxy) is 2. The average molecular weight is 249 g/mol. The molecular formula is C15H23NO2. The first-order valence-corrected chi connectivity index (χ1v) is 6.94. The van der Waals surface area contributed by atoms with E-state index in [-0.39, 0.29) is 0 Å². The highest BCUT2D eigenvalue weighted by Crippen LogP contribution is 2.26. The second-order valence-corrected chi connectivity index (χ2v) is 4.71. The molecule has 1 aromatic carbocycles. The van der Waals surface area contributed by atoms with Gasteiger partial charge in [-0.15, -0.1) is 0 Å². The van der Waals surface area contributed by atoms with Gasteiger partial charge in [0.1, 0.15) is 17.6 Å². The van der Waals surface area contributed by atoms with E-state index < -0.39 is 0 Å². The second kappa shape index (κ2) is 6.64. The van der Waals surface area contributed by atoms with Gasteiger partial charge in [-0.3, -0.25) is 0 Å². The van der Waals surface area contributed by atoms with Gasteiger partial charge in [-0.05, 0) is 57.0 Å². The van der Waals surface area contributed by atoms with Crippen LogP contribution in [0.5, 0.6) is 11.5 Å². The molecule has 0 radical (unpaired) electrons. The first-order valence-electron chi connectivity index (χ1n) is 6.94. The van der Waals surface area contributed by atoms with Crippen molar-refractivity contribution in [2.45, 2.75) is 45.3 Å². The van der Waals surface area contributed by atoms with Gasteiger partial charge in [-0.1, -0.05) is 6.92 Å². The normalized spacial score (nSPS) is 23.0. The van der Waals surface area contributed by atoms with Crippen LogP contribution in [-0.4, -0.2) is 25.3 Å². The van der Waals surface area contributed by atoms with Gasteiger partial charge >= 0.3 is 0 Å². The van der Waals surface area contributed by atoms with Crippen molar-refractivity contribution in [3.05, 3.63) is 24.3 Å². The van der Waals surface area contributed by atoms with Gasteiger partial charge in [0, 0.05) is 6.04 Å². The lowest BCUT2D eigenvalue weighted by molar-refractivity contribution is 0.206. The molecule has 0 amide bonds. The van der Waals surface area contributed by atoms with Gasteiger partial charge in [-0.25, -0.2) is 0 Å². The molecule has 2 rings (SSSR count). The summed E-state index contributed by atoms with van der Waals surface area (Å²) in [6.07, 6.45) is 3.83. The SMILES string of the molecule is CCNC1CCC(Oc2ccc(OCC)cc2)C1. The van der Waals surface area contributed by atoms with Crippen LogP contribution in [0.2, 0.25) is 0 Å². The fourth-order valence-electron chi connectivity index (χ4n) is 2.49. The molecule has 1 N–H and O–H groups in total. The van der Waals surface area contributed by atoms with E-state index in [1.54, 1.807) is 0 Å². The van der Waals surface area contributed by atoms with Crippen molar-refractivity contribution in [2.75, 3.05) is 13.2 Å². The second-order valence-electron chi connectivity index (χ2n) is 4.71. The van der Waals surface area contributed by atoms with E-state index in [1.807, 2.05) is 31.2 Å². The van der Waals surface area contributed by atoms with Crippen molar-refractivity contribution in [3.63, 3.8) is 0 Å². The summed E-state index contributed by atoms with van der Waals surface area (Å²) in [5, 5.41) is 3.49. The summed E-state index contributed by atoms with van der Waals surface area (Å²) in [5.41, 5.74) is 0. The van der Waals surface area contributed by atoms with E-state index >= 15 is 0 Å². The van der Waals surface area contributed by atoms with Crippen LogP contribution in [0, 0.1) is 0 Å². The van der Waals surface area contributed by atoms with Crippen molar-refractivity contribution in [3.8, 4) is 11.5 Å². The highest BCUT2D eigenvalue weighted by molar-refractivity contribution is 5.31. The summed E-state index contributed by atoms with van der Waals surface area (Å²) in [4.78, 5) is 0. The first-order chi connectivity index (χ1) is 8.81. The Labute approximate surface area is 109 Å². The molecule has 0 spiro atoms. The topological polar surface area (TPSA) is 30.5 Å². The van der Waals surface area contributed by atoms with Crippen LogP contribution in [0.1, 0.15) is 33.1 Å². The van der Waals surface area contributed by atoms with Crippen molar-refractivity contribution >= 4 is 0 Å². The Balaban J connectivity index is 1.82. The zero-order valence-electron chi connectivity index (χ0n) is 11.3. The fraction of sp³-hybridized carbons (Fsp3) is 0.600. The number of hydrogen-bond donors (Lipinski definition) is 1. The minimum atomic E-state index is 0.354. The molecule has 18 heavy (non-hydrogen) atoms. The zero-order valence-corrected chi connectivity index (χ0v) is 11.3. The standard InChI is InChI=1S/C15H23NO2/c1-3-16-12-5-6-15(11-12)18-14-9-7-13(8-10-14)17-4-2/h7-10,12,15-16H,3-6,11H2,1-2H3. The van der Waals surface area contributed by atoms with Crippen molar-refractivity contribution in [2.24, 2.45) is 0 Å². The fourth-order valence-corrected chi connectivity index (χ4v) is 2.49. The summed E-state index contributed by atoms with van der Waals surface area (Å²) in [7, 11) is 0. The predicted molar refractivity (Wildman–Crippen MR) is 73.3 cm³/mol. The Morgan fingerprint density at radius 1 is 1.11 bits per heavy atom. The summed E-state index contributed by atoms with van der Waals surface area (Å²) in [6.45, 7) is 5.89. The Kier molecular flexibility index (Phi) is 4.88. The Hall–Kier alpha value is -1.22. The highest BCUT2D eigenvalue weighted by Gasteiger charge is 2.25. The largest absolute Gasteiger partial charge is 0.494 e. The van der Waals surface area contributed by atoms with Crippen molar-refractivity contribution in [1.82, 2.24) is 5.32 Å². The lowest BCUT2D eigenvalue weighted by Crippen LogP contribution is -2.27. The zero-order chi connectivity index (χ0) is 12.8. The molecule has 1 aliphatic carbocycles. The average Bonchev–Trinajstić information content (AvgIpc) is 2.80. The van der Waals surface area contributed by atoms with Crippen molar-refractivity contribution in [1.29, 1.82) is 0 Å². The molecule has 0 heterocycles. The molecule has 2 unspecified atom stereocenters. The maximum absolute atomic E-state index is 5.99. The van der Waals surface area contributed by atoms with E-state index in [0.717, 1.165) is 30.9 Å². The Morgan fingerprint density at radius 2 is 1.83 bits per heavy atom. The van der Waals surface area contributed by atoms with E-state index in [2.05, 4.69) is 12.2 Å². The molecule has 0 aromatic heterocycles. The number of hydrogen-bond acceptors (Lipinski definition) is 3. The van der Waals surface area contributed by atoms with Crippen molar-refractivity contribution < 1.29 is 9.47 Å². The molecule has 0 bridgehead atoms. The molecule has 0 saturated heterocycles. The minimum Gasteiger partial charge on any atom is -0.494 e. The summed E-state index contributed by atoms with van der Waals surface area (Å²) in [6, 6.07) is 8.55. The van der Waals surface area contributed by atoms with Crippen LogP contribution in [0.25, 0.3) is 0 Å². The van der Waals surface area contributed by atoms with E-state index in [4.69, 9.17) is 9.47 Å². The monoisotopic (exact) mass is 249 g/mol. The van der Waals surface area contributed by atoms with Gasteiger partial charge in [0.15, 0.2) is 0 Å². The molecule has 0 aliphatic heterocycles. The van der Waals surface area contributed by atoms with Crippen LogP contribution in [-0.2, 0) is 0 Å². The van der Waals surface area contributed by atoms with E-state index in [1.165, 1.54) is 6.42 Å². The molecular weight excluding hydrogens is 226 g/mol. The van der Waals surface area contributed by atoms with Crippen LogP contribution in [0.3, 0.4) is 0 Å². The lowest BCUT2D eigenvalue weighted by Gasteiger charge is -2.15. The number of rotatable bonds is 6. The third-order valence-corrected chi connectivity index (χ3v) is 3.31. The maximum Gasteiger partial charge on any atom is 0.119 e. The molecule has 3 nitrogen and oxygen atoms in total. The third kappa shape index (κ3) is 3.64. The van der Waals surface area contributed by atoms with Crippen LogP contribution < -0.4 is 14.8 Å². The maximum atomic E-state index is 5.99. The van der Waals surface area contributed by atoms with Crippen LogP contribution in [0.4, 0.5) is 0 Å².